The predicted molar refractivity (Wildman–Crippen MR) is 58.7 cm³/mol. The van der Waals surface area contributed by atoms with Crippen LogP contribution in [0.1, 0.15) is 26.2 Å². The number of alkyl halides is 4. The zero-order valence-corrected chi connectivity index (χ0v) is 10.3. The van der Waals surface area contributed by atoms with Crippen LogP contribution in [-0.4, -0.2) is 34.1 Å². The summed E-state index contributed by atoms with van der Waals surface area (Å²) >= 11 is 2.37. The van der Waals surface area contributed by atoms with Gasteiger partial charge in [0.25, 0.3) is 0 Å². The van der Waals surface area contributed by atoms with Gasteiger partial charge in [-0.25, -0.2) is 0 Å². The molecule has 0 N–H and O–H groups in total. The second-order valence-corrected chi connectivity index (χ2v) is 5.64. The molecule has 1 aliphatic rings. The summed E-state index contributed by atoms with van der Waals surface area (Å²) in [5.74, 6) is 0. The van der Waals surface area contributed by atoms with Crippen molar-refractivity contribution in [3.63, 3.8) is 0 Å². The van der Waals surface area contributed by atoms with E-state index in [2.05, 4.69) is 22.6 Å². The summed E-state index contributed by atoms with van der Waals surface area (Å²) in [4.78, 5) is 1.95. The van der Waals surface area contributed by atoms with Gasteiger partial charge in [0.2, 0.25) is 0 Å². The summed E-state index contributed by atoms with van der Waals surface area (Å²) < 4.78 is 37.0. The molecular weight excluding hydrogens is 306 g/mol. The van der Waals surface area contributed by atoms with E-state index in [9.17, 15) is 13.2 Å². The third kappa shape index (κ3) is 4.33. The number of rotatable bonds is 2. The molecule has 0 aromatic heterocycles. The lowest BCUT2D eigenvalue weighted by Gasteiger charge is -2.34. The van der Waals surface area contributed by atoms with Gasteiger partial charge >= 0.3 is 6.18 Å². The number of nitrogens with zero attached hydrogens (tertiary/aromatic N) is 1. The molecule has 1 heterocycles. The molecule has 0 aliphatic carbocycles. The topological polar surface area (TPSA) is 3.24 Å². The van der Waals surface area contributed by atoms with Gasteiger partial charge in [0.1, 0.15) is 0 Å². The fourth-order valence-electron chi connectivity index (χ4n) is 1.77. The highest BCUT2D eigenvalue weighted by Gasteiger charge is 2.33. The highest BCUT2D eigenvalue weighted by molar-refractivity contribution is 14.1. The van der Waals surface area contributed by atoms with Gasteiger partial charge in [0.15, 0.2) is 0 Å². The summed E-state index contributed by atoms with van der Waals surface area (Å²) in [5.41, 5.74) is 0. The van der Waals surface area contributed by atoms with Gasteiger partial charge in [-0.1, -0.05) is 22.6 Å². The molecule has 0 spiro atoms. The molecule has 0 bridgehead atoms. The first-order valence-electron chi connectivity index (χ1n) is 4.83. The lowest BCUT2D eigenvalue weighted by molar-refractivity contribution is -0.146. The lowest BCUT2D eigenvalue weighted by Crippen LogP contribution is -2.42. The number of likely N-dealkylation sites (tertiary alicyclic amines) is 1. The molecule has 0 amide bonds. The Hall–Kier alpha value is 0.480. The SMILES string of the molecule is C[C@H](CC(F)(F)F)N1CCC(I)CC1. The first-order chi connectivity index (χ1) is 6.38. The molecule has 0 aromatic rings. The molecule has 5 heteroatoms. The molecule has 0 aromatic carbocycles. The van der Waals surface area contributed by atoms with Crippen molar-refractivity contribution in [1.29, 1.82) is 0 Å². The van der Waals surface area contributed by atoms with Crippen molar-refractivity contribution in [3.8, 4) is 0 Å². The number of hydrogen-bond donors (Lipinski definition) is 0. The van der Waals surface area contributed by atoms with E-state index in [1.807, 2.05) is 4.90 Å². The minimum absolute atomic E-state index is 0.362. The summed E-state index contributed by atoms with van der Waals surface area (Å²) in [6, 6.07) is -0.362. The normalized spacial score (nSPS) is 23.8. The van der Waals surface area contributed by atoms with Crippen molar-refractivity contribution in [1.82, 2.24) is 4.90 Å². The molecule has 1 atom stereocenters. The molecule has 14 heavy (non-hydrogen) atoms. The van der Waals surface area contributed by atoms with Crippen LogP contribution >= 0.6 is 22.6 Å². The van der Waals surface area contributed by atoms with Crippen molar-refractivity contribution in [2.75, 3.05) is 13.1 Å². The van der Waals surface area contributed by atoms with Crippen LogP contribution in [0.15, 0.2) is 0 Å². The van der Waals surface area contributed by atoms with Crippen LogP contribution in [0.5, 0.6) is 0 Å². The minimum atomic E-state index is -4.03. The Balaban J connectivity index is 2.34. The first-order valence-corrected chi connectivity index (χ1v) is 6.08. The summed E-state index contributed by atoms with van der Waals surface area (Å²) in [5, 5.41) is 0. The van der Waals surface area contributed by atoms with Gasteiger partial charge in [0, 0.05) is 9.97 Å². The molecule has 0 unspecified atom stereocenters. The van der Waals surface area contributed by atoms with Gasteiger partial charge in [-0.2, -0.15) is 13.2 Å². The molecule has 1 aliphatic heterocycles. The molecule has 1 saturated heterocycles. The van der Waals surface area contributed by atoms with E-state index < -0.39 is 12.6 Å². The van der Waals surface area contributed by atoms with E-state index >= 15 is 0 Å². The molecule has 1 fully saturated rings. The van der Waals surface area contributed by atoms with E-state index in [4.69, 9.17) is 0 Å². The maximum atomic E-state index is 12.1. The maximum absolute atomic E-state index is 12.1. The number of halogens is 4. The quantitative estimate of drug-likeness (QED) is 0.558. The Morgan fingerprint density at radius 2 is 1.86 bits per heavy atom. The van der Waals surface area contributed by atoms with Gasteiger partial charge in [-0.05, 0) is 32.9 Å². The monoisotopic (exact) mass is 321 g/mol. The first kappa shape index (κ1) is 12.5. The van der Waals surface area contributed by atoms with E-state index in [-0.39, 0.29) is 6.04 Å². The Kier molecular flexibility index (Phi) is 4.49. The Labute approximate surface area is 96.2 Å². The van der Waals surface area contributed by atoms with Gasteiger partial charge in [0.05, 0.1) is 6.42 Å². The highest BCUT2D eigenvalue weighted by Crippen LogP contribution is 2.26. The van der Waals surface area contributed by atoms with Crippen molar-refractivity contribution < 1.29 is 13.2 Å². The van der Waals surface area contributed by atoms with E-state index in [1.54, 1.807) is 6.92 Å². The van der Waals surface area contributed by atoms with Crippen LogP contribution in [0.4, 0.5) is 13.2 Å². The van der Waals surface area contributed by atoms with Crippen LogP contribution in [0.3, 0.4) is 0 Å². The Morgan fingerprint density at radius 1 is 1.36 bits per heavy atom. The average molecular weight is 321 g/mol. The molecule has 1 rings (SSSR count). The summed E-state index contributed by atoms with van der Waals surface area (Å²) in [6.07, 6.45) is -2.68. The predicted octanol–water partition coefficient (Wildman–Crippen LogP) is 3.23. The van der Waals surface area contributed by atoms with Crippen molar-refractivity contribution in [2.45, 2.75) is 42.3 Å². The van der Waals surface area contributed by atoms with Crippen molar-refractivity contribution in [3.05, 3.63) is 0 Å². The van der Waals surface area contributed by atoms with Crippen LogP contribution in [-0.2, 0) is 0 Å². The third-order valence-corrected chi connectivity index (χ3v) is 3.85. The van der Waals surface area contributed by atoms with Crippen molar-refractivity contribution in [2.24, 2.45) is 0 Å². The largest absolute Gasteiger partial charge is 0.390 e. The Bertz CT molecular complexity index is 175. The zero-order chi connectivity index (χ0) is 10.8. The van der Waals surface area contributed by atoms with E-state index in [0.29, 0.717) is 3.92 Å². The molecule has 84 valence electrons. The van der Waals surface area contributed by atoms with Gasteiger partial charge in [-0.15, -0.1) is 0 Å². The lowest BCUT2D eigenvalue weighted by atomic mass is 10.1. The van der Waals surface area contributed by atoms with Gasteiger partial charge < -0.3 is 4.90 Å². The van der Waals surface area contributed by atoms with Crippen LogP contribution in [0.2, 0.25) is 0 Å². The van der Waals surface area contributed by atoms with Crippen LogP contribution < -0.4 is 0 Å². The molecule has 0 saturated carbocycles. The van der Waals surface area contributed by atoms with Crippen molar-refractivity contribution >= 4 is 22.6 Å². The smallest absolute Gasteiger partial charge is 0.300 e. The standard InChI is InChI=1S/C9H15F3IN/c1-7(6-9(10,11)12)14-4-2-8(13)3-5-14/h7-8H,2-6H2,1H3/t7-/m1/s1. The summed E-state index contributed by atoms with van der Waals surface area (Å²) in [7, 11) is 0. The number of hydrogen-bond acceptors (Lipinski definition) is 1. The van der Waals surface area contributed by atoms with E-state index in [0.717, 1.165) is 25.9 Å². The highest BCUT2D eigenvalue weighted by atomic mass is 127. The Morgan fingerprint density at radius 3 is 2.29 bits per heavy atom. The fraction of sp³-hybridized carbons (Fsp3) is 1.00. The molecular formula is C9H15F3IN. The number of piperidine rings is 1. The molecule has 1 nitrogen and oxygen atoms in total. The van der Waals surface area contributed by atoms with Gasteiger partial charge in [-0.3, -0.25) is 0 Å². The second-order valence-electron chi connectivity index (χ2n) is 3.88. The third-order valence-electron chi connectivity index (χ3n) is 2.61. The zero-order valence-electron chi connectivity index (χ0n) is 8.15. The minimum Gasteiger partial charge on any atom is -0.300 e. The second kappa shape index (κ2) is 5.01. The van der Waals surface area contributed by atoms with E-state index in [1.165, 1.54) is 0 Å². The van der Waals surface area contributed by atoms with Crippen LogP contribution in [0.25, 0.3) is 0 Å². The van der Waals surface area contributed by atoms with Crippen LogP contribution in [0, 0.1) is 0 Å². The summed E-state index contributed by atoms with van der Waals surface area (Å²) in [6.45, 7) is 3.29. The molecule has 0 radical (unpaired) electrons. The maximum Gasteiger partial charge on any atom is 0.390 e. The fourth-order valence-corrected chi connectivity index (χ4v) is 2.33. The average Bonchev–Trinajstić information content (AvgIpc) is 2.02.